The van der Waals surface area contributed by atoms with Crippen LogP contribution >= 0.6 is 22.9 Å². The van der Waals surface area contributed by atoms with Gasteiger partial charge in [0.15, 0.2) is 9.84 Å². The highest BCUT2D eigenvalue weighted by atomic mass is 35.5. The van der Waals surface area contributed by atoms with Crippen molar-refractivity contribution in [3.05, 3.63) is 49.7 Å². The molecule has 0 saturated carbocycles. The Morgan fingerprint density at radius 2 is 1.76 bits per heavy atom. The van der Waals surface area contributed by atoms with Crippen LogP contribution in [0.15, 0.2) is 23.1 Å². The predicted molar refractivity (Wildman–Crippen MR) is 102 cm³/mol. The number of benzene rings is 1. The highest BCUT2D eigenvalue weighted by Crippen LogP contribution is 2.35. The number of thiophene rings is 1. The molecule has 2 aromatic rings. The van der Waals surface area contributed by atoms with Crippen LogP contribution in [0.2, 0.25) is 5.02 Å². The molecule has 1 N–H and O–H groups in total. The van der Waals surface area contributed by atoms with Crippen molar-refractivity contribution >= 4 is 38.7 Å². The van der Waals surface area contributed by atoms with Crippen molar-refractivity contribution in [1.82, 2.24) is 0 Å². The molecule has 7 heteroatoms. The molecule has 0 aliphatic heterocycles. The predicted octanol–water partition coefficient (Wildman–Crippen LogP) is 4.99. The van der Waals surface area contributed by atoms with Crippen molar-refractivity contribution < 1.29 is 18.3 Å². The van der Waals surface area contributed by atoms with Crippen LogP contribution in [0.3, 0.4) is 0 Å². The fourth-order valence-electron chi connectivity index (χ4n) is 2.46. The molecule has 0 spiro atoms. The number of sulfone groups is 1. The summed E-state index contributed by atoms with van der Waals surface area (Å²) in [6.07, 6.45) is 0. The quantitative estimate of drug-likeness (QED) is 0.784. The first kappa shape index (κ1) is 19.9. The summed E-state index contributed by atoms with van der Waals surface area (Å²) >= 11 is 7.18. The fraction of sp³-hybridized carbons (Fsp3) is 0.389. The number of carboxylic acids is 1. The molecule has 1 aromatic heterocycles. The lowest BCUT2D eigenvalue weighted by atomic mass is 9.94. The summed E-state index contributed by atoms with van der Waals surface area (Å²) in [5.41, 5.74) is 1.31. The van der Waals surface area contributed by atoms with Gasteiger partial charge in [0.1, 0.15) is 4.88 Å². The summed E-state index contributed by atoms with van der Waals surface area (Å²) < 4.78 is 25.8. The van der Waals surface area contributed by atoms with E-state index in [1.807, 2.05) is 20.8 Å². The Bertz CT molecular complexity index is 935. The van der Waals surface area contributed by atoms with Gasteiger partial charge >= 0.3 is 5.97 Å². The molecular weight excluding hydrogens is 380 g/mol. The zero-order valence-corrected chi connectivity index (χ0v) is 17.2. The van der Waals surface area contributed by atoms with Crippen LogP contribution in [-0.4, -0.2) is 19.5 Å². The lowest BCUT2D eigenvalue weighted by molar-refractivity contribution is 0.0701. The molecule has 0 amide bonds. The smallest absolute Gasteiger partial charge is 0.346 e. The van der Waals surface area contributed by atoms with Crippen molar-refractivity contribution in [2.45, 2.75) is 50.7 Å². The first-order valence-electron chi connectivity index (χ1n) is 7.69. The third-order valence-electron chi connectivity index (χ3n) is 3.88. The lowest BCUT2D eigenvalue weighted by Gasteiger charge is -2.15. The van der Waals surface area contributed by atoms with E-state index in [9.17, 15) is 18.3 Å². The molecule has 0 fully saturated rings. The number of carbonyl (C=O) groups is 1. The fourth-order valence-corrected chi connectivity index (χ4v) is 5.54. The Morgan fingerprint density at radius 1 is 1.16 bits per heavy atom. The van der Waals surface area contributed by atoms with Crippen LogP contribution in [0.1, 0.15) is 52.0 Å². The summed E-state index contributed by atoms with van der Waals surface area (Å²) in [5.74, 6) is -1.45. The molecule has 136 valence electrons. The minimum absolute atomic E-state index is 0.0804. The van der Waals surface area contributed by atoms with Crippen LogP contribution < -0.4 is 0 Å². The summed E-state index contributed by atoms with van der Waals surface area (Å²) in [4.78, 5) is 12.7. The molecule has 0 aliphatic carbocycles. The second-order valence-electron chi connectivity index (χ2n) is 7.15. The van der Waals surface area contributed by atoms with Crippen LogP contribution in [0, 0.1) is 13.8 Å². The van der Waals surface area contributed by atoms with Crippen LogP contribution in [0.5, 0.6) is 0 Å². The molecule has 0 radical (unpaired) electrons. The average Bonchev–Trinajstić information content (AvgIpc) is 2.86. The highest BCUT2D eigenvalue weighted by molar-refractivity contribution is 7.90. The van der Waals surface area contributed by atoms with E-state index in [4.69, 9.17) is 11.6 Å². The average molecular weight is 401 g/mol. The van der Waals surface area contributed by atoms with E-state index in [0.717, 1.165) is 16.2 Å². The summed E-state index contributed by atoms with van der Waals surface area (Å²) in [7, 11) is -3.69. The normalized spacial score (nSPS) is 12.4. The van der Waals surface area contributed by atoms with Gasteiger partial charge in [-0.15, -0.1) is 11.3 Å². The van der Waals surface area contributed by atoms with E-state index in [-0.39, 0.29) is 20.9 Å². The Kier molecular flexibility index (Phi) is 5.38. The summed E-state index contributed by atoms with van der Waals surface area (Å²) in [5, 5.41) is 9.95. The van der Waals surface area contributed by atoms with Gasteiger partial charge in [-0.25, -0.2) is 13.2 Å². The largest absolute Gasteiger partial charge is 0.477 e. The van der Waals surface area contributed by atoms with Crippen molar-refractivity contribution in [2.75, 3.05) is 0 Å². The van der Waals surface area contributed by atoms with Gasteiger partial charge in [-0.2, -0.15) is 0 Å². The molecule has 1 aromatic carbocycles. The number of hydrogen-bond acceptors (Lipinski definition) is 4. The number of aromatic carboxylic acids is 1. The number of aryl methyl sites for hydroxylation is 2. The van der Waals surface area contributed by atoms with Gasteiger partial charge in [0.25, 0.3) is 0 Å². The third-order valence-corrected chi connectivity index (χ3v) is 7.68. The molecule has 0 unspecified atom stereocenters. The van der Waals surface area contributed by atoms with Crippen LogP contribution in [-0.2, 0) is 21.0 Å². The monoisotopic (exact) mass is 400 g/mol. The van der Waals surface area contributed by atoms with E-state index in [2.05, 4.69) is 0 Å². The van der Waals surface area contributed by atoms with Gasteiger partial charge in [-0.3, -0.25) is 0 Å². The Labute approximate surface area is 157 Å². The molecular formula is C18H21ClO4S2. The van der Waals surface area contributed by atoms with Gasteiger partial charge in [0.05, 0.1) is 10.6 Å². The number of hydrogen-bond donors (Lipinski definition) is 1. The second kappa shape index (κ2) is 6.74. The van der Waals surface area contributed by atoms with E-state index in [1.165, 1.54) is 0 Å². The van der Waals surface area contributed by atoms with Gasteiger partial charge in [0, 0.05) is 9.90 Å². The SMILES string of the molecule is Cc1cc(S(=O)(=O)Cc2cc(C(C)(C)C)sc2C(=O)O)c(C)cc1Cl. The number of carboxylic acid groups (broad SMARTS) is 1. The van der Waals surface area contributed by atoms with Gasteiger partial charge in [-0.1, -0.05) is 32.4 Å². The Morgan fingerprint density at radius 3 is 2.28 bits per heavy atom. The maximum Gasteiger partial charge on any atom is 0.346 e. The summed E-state index contributed by atoms with van der Waals surface area (Å²) in [6.45, 7) is 9.33. The Hall–Kier alpha value is -1.37. The van der Waals surface area contributed by atoms with Crippen LogP contribution in [0.25, 0.3) is 0 Å². The number of halogens is 1. The maximum absolute atomic E-state index is 12.9. The van der Waals surface area contributed by atoms with Crippen molar-refractivity contribution in [3.63, 3.8) is 0 Å². The molecule has 0 bridgehead atoms. The molecule has 1 heterocycles. The zero-order valence-electron chi connectivity index (χ0n) is 14.8. The van der Waals surface area contributed by atoms with Gasteiger partial charge in [-0.05, 0) is 54.2 Å². The van der Waals surface area contributed by atoms with Crippen molar-refractivity contribution in [3.8, 4) is 0 Å². The second-order valence-corrected chi connectivity index (χ2v) is 10.6. The van der Waals surface area contributed by atoms with E-state index in [0.29, 0.717) is 21.7 Å². The Balaban J connectivity index is 2.53. The molecule has 0 aliphatic rings. The highest BCUT2D eigenvalue weighted by Gasteiger charge is 2.27. The van der Waals surface area contributed by atoms with E-state index in [1.54, 1.807) is 32.0 Å². The molecule has 4 nitrogen and oxygen atoms in total. The standard InChI is InChI=1S/C18H21ClO4S2/c1-10-7-14(11(2)6-13(10)19)25(22,23)9-12-8-15(18(3,4)5)24-16(12)17(20)21/h6-8H,9H2,1-5H3,(H,20,21). The molecule has 0 saturated heterocycles. The van der Waals surface area contributed by atoms with Gasteiger partial charge < -0.3 is 5.11 Å². The first-order valence-corrected chi connectivity index (χ1v) is 10.5. The van der Waals surface area contributed by atoms with Crippen molar-refractivity contribution in [2.24, 2.45) is 0 Å². The third kappa shape index (κ3) is 4.25. The maximum atomic E-state index is 12.9. The lowest BCUT2D eigenvalue weighted by Crippen LogP contribution is -2.10. The first-order chi connectivity index (χ1) is 11.3. The van der Waals surface area contributed by atoms with Crippen molar-refractivity contribution in [1.29, 1.82) is 0 Å². The minimum atomic E-state index is -3.69. The summed E-state index contributed by atoms with van der Waals surface area (Å²) in [6, 6.07) is 4.87. The topological polar surface area (TPSA) is 71.4 Å². The minimum Gasteiger partial charge on any atom is -0.477 e. The molecule has 0 atom stereocenters. The number of rotatable bonds is 4. The van der Waals surface area contributed by atoms with Gasteiger partial charge in [0.2, 0.25) is 0 Å². The van der Waals surface area contributed by atoms with E-state index >= 15 is 0 Å². The molecule has 25 heavy (non-hydrogen) atoms. The van der Waals surface area contributed by atoms with E-state index < -0.39 is 15.8 Å². The zero-order chi connectivity index (χ0) is 19.2. The molecule has 2 rings (SSSR count). The van der Waals surface area contributed by atoms with Crippen LogP contribution in [0.4, 0.5) is 0 Å².